The van der Waals surface area contributed by atoms with Crippen LogP contribution in [-0.4, -0.2) is 64.9 Å². The fourth-order valence-electron chi connectivity index (χ4n) is 1.58. The molecular formula is C17H37NO4. The second kappa shape index (κ2) is 14.4. The van der Waals surface area contributed by atoms with Gasteiger partial charge in [0.1, 0.15) is 0 Å². The van der Waals surface area contributed by atoms with Crippen molar-refractivity contribution in [3.8, 4) is 0 Å². The van der Waals surface area contributed by atoms with E-state index in [1.807, 2.05) is 0 Å². The fourth-order valence-corrected chi connectivity index (χ4v) is 1.58. The topological polar surface area (TPSA) is 49.0 Å². The first-order valence-electron chi connectivity index (χ1n) is 8.48. The van der Waals surface area contributed by atoms with Crippen LogP contribution in [0.4, 0.5) is 0 Å². The second-order valence-electron chi connectivity index (χ2n) is 6.81. The van der Waals surface area contributed by atoms with Crippen LogP contribution in [0.25, 0.3) is 0 Å². The summed E-state index contributed by atoms with van der Waals surface area (Å²) in [5.41, 5.74) is 0.149. The zero-order chi connectivity index (χ0) is 16.7. The summed E-state index contributed by atoms with van der Waals surface area (Å²) in [6, 6.07) is 0. The highest BCUT2D eigenvalue weighted by Gasteiger charge is 2.06. The van der Waals surface area contributed by atoms with Gasteiger partial charge in [0.05, 0.1) is 46.2 Å². The number of nitrogens with one attached hydrogen (secondary N) is 1. The van der Waals surface area contributed by atoms with E-state index in [-0.39, 0.29) is 5.54 Å². The van der Waals surface area contributed by atoms with Crippen molar-refractivity contribution in [1.82, 2.24) is 5.32 Å². The molecule has 5 nitrogen and oxygen atoms in total. The second-order valence-corrected chi connectivity index (χ2v) is 6.81. The SMILES string of the molecule is CC(C)CCOCCOCCOCCOCCNC(C)(C)C. The minimum Gasteiger partial charge on any atom is -0.379 e. The molecule has 0 aromatic heterocycles. The van der Waals surface area contributed by atoms with E-state index in [1.54, 1.807) is 0 Å². The molecule has 134 valence electrons. The maximum absolute atomic E-state index is 5.47. The van der Waals surface area contributed by atoms with Gasteiger partial charge in [0.15, 0.2) is 0 Å². The van der Waals surface area contributed by atoms with Gasteiger partial charge in [-0.25, -0.2) is 0 Å². The van der Waals surface area contributed by atoms with E-state index in [0.717, 1.165) is 19.6 Å². The lowest BCUT2D eigenvalue weighted by Gasteiger charge is -2.20. The summed E-state index contributed by atoms with van der Waals surface area (Å²) in [4.78, 5) is 0. The molecule has 0 saturated carbocycles. The van der Waals surface area contributed by atoms with Gasteiger partial charge in [0.2, 0.25) is 0 Å². The highest BCUT2D eigenvalue weighted by Crippen LogP contribution is 1.98. The lowest BCUT2D eigenvalue weighted by atomic mass is 10.1. The van der Waals surface area contributed by atoms with E-state index in [2.05, 4.69) is 39.9 Å². The molecule has 0 radical (unpaired) electrons. The van der Waals surface area contributed by atoms with Crippen molar-refractivity contribution >= 4 is 0 Å². The Morgan fingerprint density at radius 2 is 1.09 bits per heavy atom. The molecule has 0 aliphatic rings. The van der Waals surface area contributed by atoms with Gasteiger partial charge in [-0.1, -0.05) is 13.8 Å². The van der Waals surface area contributed by atoms with Gasteiger partial charge < -0.3 is 24.3 Å². The number of ether oxygens (including phenoxy) is 4. The molecule has 0 fully saturated rings. The van der Waals surface area contributed by atoms with Crippen molar-refractivity contribution in [3.05, 3.63) is 0 Å². The van der Waals surface area contributed by atoms with Crippen LogP contribution in [0.5, 0.6) is 0 Å². The van der Waals surface area contributed by atoms with Gasteiger partial charge in [-0.05, 0) is 33.1 Å². The first kappa shape index (κ1) is 21.8. The van der Waals surface area contributed by atoms with Gasteiger partial charge in [-0.15, -0.1) is 0 Å². The zero-order valence-corrected chi connectivity index (χ0v) is 15.3. The van der Waals surface area contributed by atoms with Crippen molar-refractivity contribution < 1.29 is 18.9 Å². The Kier molecular flexibility index (Phi) is 14.3. The van der Waals surface area contributed by atoms with Crippen LogP contribution in [0.2, 0.25) is 0 Å². The molecule has 0 aliphatic carbocycles. The van der Waals surface area contributed by atoms with E-state index in [4.69, 9.17) is 18.9 Å². The number of hydrogen-bond acceptors (Lipinski definition) is 5. The largest absolute Gasteiger partial charge is 0.379 e. The smallest absolute Gasteiger partial charge is 0.0701 e. The van der Waals surface area contributed by atoms with Crippen LogP contribution in [0, 0.1) is 5.92 Å². The molecule has 5 heteroatoms. The molecule has 0 aromatic carbocycles. The van der Waals surface area contributed by atoms with Crippen molar-refractivity contribution in [2.45, 2.75) is 46.6 Å². The summed E-state index contributed by atoms with van der Waals surface area (Å²) in [6.45, 7) is 17.0. The quantitative estimate of drug-likeness (QED) is 0.470. The maximum atomic E-state index is 5.47. The van der Waals surface area contributed by atoms with Gasteiger partial charge in [0, 0.05) is 18.7 Å². The van der Waals surface area contributed by atoms with Gasteiger partial charge in [0.25, 0.3) is 0 Å². The molecule has 0 amide bonds. The summed E-state index contributed by atoms with van der Waals surface area (Å²) < 4.78 is 21.8. The summed E-state index contributed by atoms with van der Waals surface area (Å²) >= 11 is 0. The Morgan fingerprint density at radius 3 is 1.50 bits per heavy atom. The van der Waals surface area contributed by atoms with E-state index in [9.17, 15) is 0 Å². The first-order valence-corrected chi connectivity index (χ1v) is 8.48. The summed E-state index contributed by atoms with van der Waals surface area (Å²) in [5, 5.41) is 3.37. The third-order valence-corrected chi connectivity index (χ3v) is 2.86. The van der Waals surface area contributed by atoms with Gasteiger partial charge in [-0.2, -0.15) is 0 Å². The lowest BCUT2D eigenvalue weighted by molar-refractivity contribution is -0.00266. The Balaban J connectivity index is 3.03. The van der Waals surface area contributed by atoms with Crippen molar-refractivity contribution in [3.63, 3.8) is 0 Å². The molecule has 0 saturated heterocycles. The van der Waals surface area contributed by atoms with Crippen molar-refractivity contribution in [2.24, 2.45) is 5.92 Å². The van der Waals surface area contributed by atoms with Crippen LogP contribution in [-0.2, 0) is 18.9 Å². The average Bonchev–Trinajstić information content (AvgIpc) is 2.41. The van der Waals surface area contributed by atoms with Crippen LogP contribution in [0.3, 0.4) is 0 Å². The van der Waals surface area contributed by atoms with Crippen LogP contribution < -0.4 is 5.32 Å². The number of hydrogen-bond donors (Lipinski definition) is 1. The third kappa shape index (κ3) is 19.8. The normalized spacial score (nSPS) is 12.3. The molecule has 0 atom stereocenters. The van der Waals surface area contributed by atoms with Crippen LogP contribution >= 0.6 is 0 Å². The van der Waals surface area contributed by atoms with Gasteiger partial charge >= 0.3 is 0 Å². The maximum Gasteiger partial charge on any atom is 0.0701 e. The fraction of sp³-hybridized carbons (Fsp3) is 1.00. The molecular weight excluding hydrogens is 282 g/mol. The minimum absolute atomic E-state index is 0.149. The molecule has 0 aliphatic heterocycles. The van der Waals surface area contributed by atoms with E-state index >= 15 is 0 Å². The Morgan fingerprint density at radius 1 is 0.682 bits per heavy atom. The van der Waals surface area contributed by atoms with Crippen LogP contribution in [0.1, 0.15) is 41.0 Å². The first-order chi connectivity index (χ1) is 10.4. The third-order valence-electron chi connectivity index (χ3n) is 2.86. The summed E-state index contributed by atoms with van der Waals surface area (Å²) in [6.07, 6.45) is 1.11. The molecule has 0 spiro atoms. The monoisotopic (exact) mass is 319 g/mol. The highest BCUT2D eigenvalue weighted by molar-refractivity contribution is 4.69. The molecule has 0 unspecified atom stereocenters. The Hall–Kier alpha value is -0.200. The Labute approximate surface area is 137 Å². The van der Waals surface area contributed by atoms with E-state index in [0.29, 0.717) is 52.2 Å². The van der Waals surface area contributed by atoms with Crippen molar-refractivity contribution in [2.75, 3.05) is 59.4 Å². The Bertz CT molecular complexity index is 229. The average molecular weight is 319 g/mol. The minimum atomic E-state index is 0.149. The van der Waals surface area contributed by atoms with Crippen molar-refractivity contribution in [1.29, 1.82) is 0 Å². The molecule has 22 heavy (non-hydrogen) atoms. The molecule has 1 N–H and O–H groups in total. The standard InChI is InChI=1S/C17H37NO4/c1-16(2)6-8-19-10-12-21-14-15-22-13-11-20-9-7-18-17(3,4)5/h16,18H,6-15H2,1-5H3. The molecule has 0 aromatic rings. The predicted molar refractivity (Wildman–Crippen MR) is 90.5 cm³/mol. The zero-order valence-electron chi connectivity index (χ0n) is 15.3. The summed E-state index contributed by atoms with van der Waals surface area (Å²) in [5.74, 6) is 0.695. The summed E-state index contributed by atoms with van der Waals surface area (Å²) in [7, 11) is 0. The van der Waals surface area contributed by atoms with Crippen LogP contribution in [0.15, 0.2) is 0 Å². The number of rotatable bonds is 15. The molecule has 0 heterocycles. The van der Waals surface area contributed by atoms with E-state index in [1.165, 1.54) is 0 Å². The lowest BCUT2D eigenvalue weighted by Crippen LogP contribution is -2.38. The van der Waals surface area contributed by atoms with E-state index < -0.39 is 0 Å². The van der Waals surface area contributed by atoms with Gasteiger partial charge in [-0.3, -0.25) is 0 Å². The highest BCUT2D eigenvalue weighted by atomic mass is 16.6. The predicted octanol–water partition coefficient (Wildman–Crippen LogP) is 2.49. The molecule has 0 rings (SSSR count). The molecule has 0 bridgehead atoms.